The zero-order valence-corrected chi connectivity index (χ0v) is 18.1. The summed E-state index contributed by atoms with van der Waals surface area (Å²) in [6, 6.07) is 15.7. The summed E-state index contributed by atoms with van der Waals surface area (Å²) < 4.78 is 0. The number of rotatable bonds is 6. The van der Waals surface area contributed by atoms with Gasteiger partial charge in [-0.25, -0.2) is 0 Å². The second kappa shape index (κ2) is 9.71. The van der Waals surface area contributed by atoms with Gasteiger partial charge in [0, 0.05) is 30.6 Å². The molecule has 2 heterocycles. The second-order valence-electron chi connectivity index (χ2n) is 8.32. The Labute approximate surface area is 174 Å². The standard InChI is InChI=1S/C24H32N2OS/c1-24(2,27)15-13-22-11-12-23(28-22)19-26-16-7-10-21(18-26)25(3)17-14-20-8-5-4-6-9-20/h4-6,8-9,11-12,21,27H,7,10,14,16-19H2,1-3H3. The molecule has 3 rings (SSSR count). The maximum atomic E-state index is 9.76. The molecule has 3 nitrogen and oxygen atoms in total. The van der Waals surface area contributed by atoms with Crippen LogP contribution in [0.1, 0.15) is 42.0 Å². The van der Waals surface area contributed by atoms with Crippen molar-refractivity contribution < 1.29 is 5.11 Å². The first-order valence-electron chi connectivity index (χ1n) is 10.2. The minimum Gasteiger partial charge on any atom is -0.378 e. The zero-order valence-electron chi connectivity index (χ0n) is 17.3. The second-order valence-corrected chi connectivity index (χ2v) is 9.49. The highest BCUT2D eigenvalue weighted by atomic mass is 32.1. The first-order chi connectivity index (χ1) is 13.4. The lowest BCUT2D eigenvalue weighted by molar-refractivity contribution is 0.113. The third kappa shape index (κ3) is 6.76. The van der Waals surface area contributed by atoms with Crippen molar-refractivity contribution in [2.24, 2.45) is 0 Å². The maximum absolute atomic E-state index is 9.76. The molecule has 1 N–H and O–H groups in total. The van der Waals surface area contributed by atoms with E-state index < -0.39 is 5.60 Å². The molecule has 28 heavy (non-hydrogen) atoms. The molecule has 2 aromatic rings. The van der Waals surface area contributed by atoms with Gasteiger partial charge in [-0.2, -0.15) is 0 Å². The van der Waals surface area contributed by atoms with Gasteiger partial charge in [0.1, 0.15) is 5.60 Å². The monoisotopic (exact) mass is 396 g/mol. The van der Waals surface area contributed by atoms with Crippen molar-refractivity contribution in [1.29, 1.82) is 0 Å². The van der Waals surface area contributed by atoms with Gasteiger partial charge in [-0.1, -0.05) is 42.2 Å². The summed E-state index contributed by atoms with van der Waals surface area (Å²) in [5, 5.41) is 9.76. The zero-order chi connectivity index (χ0) is 20.0. The molecule has 0 saturated carbocycles. The van der Waals surface area contributed by atoms with E-state index in [2.05, 4.69) is 71.2 Å². The van der Waals surface area contributed by atoms with Gasteiger partial charge >= 0.3 is 0 Å². The fraction of sp³-hybridized carbons (Fsp3) is 0.500. The molecule has 1 unspecified atom stereocenters. The Morgan fingerprint density at radius 2 is 2.00 bits per heavy atom. The molecule has 1 aliphatic heterocycles. The van der Waals surface area contributed by atoms with Crippen molar-refractivity contribution in [3.8, 4) is 11.8 Å². The normalized spacial score (nSPS) is 18.1. The summed E-state index contributed by atoms with van der Waals surface area (Å²) in [6.45, 7) is 7.85. The number of benzene rings is 1. The molecule has 1 aromatic heterocycles. The number of piperidine rings is 1. The topological polar surface area (TPSA) is 26.7 Å². The van der Waals surface area contributed by atoms with E-state index in [9.17, 15) is 5.11 Å². The fourth-order valence-corrected chi connectivity index (χ4v) is 4.54. The summed E-state index contributed by atoms with van der Waals surface area (Å²) in [4.78, 5) is 7.50. The van der Waals surface area contributed by atoms with Crippen LogP contribution in [0.15, 0.2) is 42.5 Å². The molecule has 1 aliphatic rings. The van der Waals surface area contributed by atoms with Gasteiger partial charge < -0.3 is 10.0 Å². The van der Waals surface area contributed by atoms with E-state index in [0.717, 1.165) is 30.9 Å². The molecule has 1 atom stereocenters. The van der Waals surface area contributed by atoms with E-state index in [0.29, 0.717) is 6.04 Å². The summed E-state index contributed by atoms with van der Waals surface area (Å²) in [7, 11) is 2.27. The maximum Gasteiger partial charge on any atom is 0.120 e. The van der Waals surface area contributed by atoms with Crippen molar-refractivity contribution in [1.82, 2.24) is 9.80 Å². The SMILES string of the molecule is CN(CCc1ccccc1)C1CCCN(Cc2ccc(C#CC(C)(C)O)s2)C1. The van der Waals surface area contributed by atoms with Crippen LogP contribution < -0.4 is 0 Å². The molecule has 0 radical (unpaired) electrons. The number of hydrogen-bond acceptors (Lipinski definition) is 4. The lowest BCUT2D eigenvalue weighted by Gasteiger charge is -2.37. The van der Waals surface area contributed by atoms with Gasteiger partial charge in [-0.05, 0) is 64.4 Å². The highest BCUT2D eigenvalue weighted by molar-refractivity contribution is 7.12. The highest BCUT2D eigenvalue weighted by Gasteiger charge is 2.23. The van der Waals surface area contributed by atoms with Gasteiger partial charge in [0.25, 0.3) is 0 Å². The average Bonchev–Trinajstić information content (AvgIpc) is 3.12. The van der Waals surface area contributed by atoms with Gasteiger partial charge in [0.2, 0.25) is 0 Å². The van der Waals surface area contributed by atoms with Crippen molar-refractivity contribution in [2.75, 3.05) is 26.7 Å². The Morgan fingerprint density at radius 3 is 2.75 bits per heavy atom. The number of hydrogen-bond donors (Lipinski definition) is 1. The average molecular weight is 397 g/mol. The predicted molar refractivity (Wildman–Crippen MR) is 119 cm³/mol. The van der Waals surface area contributed by atoms with E-state index in [1.807, 2.05) is 0 Å². The fourth-order valence-electron chi connectivity index (χ4n) is 3.63. The molecule has 0 spiro atoms. The Kier molecular flexibility index (Phi) is 7.31. The number of likely N-dealkylation sites (tertiary alicyclic amines) is 1. The van der Waals surface area contributed by atoms with Crippen LogP contribution in [-0.2, 0) is 13.0 Å². The third-order valence-corrected chi connectivity index (χ3v) is 6.22. The first-order valence-corrected chi connectivity index (χ1v) is 11.0. The van der Waals surface area contributed by atoms with Crippen LogP contribution in [-0.4, -0.2) is 53.2 Å². The Morgan fingerprint density at radius 1 is 1.21 bits per heavy atom. The molecule has 0 bridgehead atoms. The van der Waals surface area contributed by atoms with Crippen LogP contribution in [0.25, 0.3) is 0 Å². The minimum atomic E-state index is -0.936. The van der Waals surface area contributed by atoms with E-state index in [4.69, 9.17) is 0 Å². The smallest absolute Gasteiger partial charge is 0.120 e. The summed E-state index contributed by atoms with van der Waals surface area (Å²) in [5.74, 6) is 5.99. The first kappa shape index (κ1) is 21.1. The van der Waals surface area contributed by atoms with Gasteiger partial charge in [0.05, 0.1) is 4.88 Å². The quantitative estimate of drug-likeness (QED) is 0.748. The Bertz CT molecular complexity index is 797. The van der Waals surface area contributed by atoms with Gasteiger partial charge in [-0.3, -0.25) is 4.90 Å². The van der Waals surface area contributed by atoms with Crippen LogP contribution >= 0.6 is 11.3 Å². The highest BCUT2D eigenvalue weighted by Crippen LogP contribution is 2.22. The molecular formula is C24H32N2OS. The van der Waals surface area contributed by atoms with E-state index in [1.54, 1.807) is 25.2 Å². The molecule has 1 fully saturated rings. The Hall–Kier alpha value is -1.64. The van der Waals surface area contributed by atoms with E-state index in [1.165, 1.54) is 29.8 Å². The van der Waals surface area contributed by atoms with Crippen LogP contribution in [0.5, 0.6) is 0 Å². The molecule has 0 amide bonds. The minimum absolute atomic E-state index is 0.631. The number of nitrogens with zero attached hydrogens (tertiary/aromatic N) is 2. The van der Waals surface area contributed by atoms with Crippen molar-refractivity contribution in [2.45, 2.75) is 51.3 Å². The van der Waals surface area contributed by atoms with Crippen molar-refractivity contribution in [3.05, 3.63) is 57.8 Å². The van der Waals surface area contributed by atoms with Crippen molar-refractivity contribution >= 4 is 11.3 Å². The van der Waals surface area contributed by atoms with Crippen molar-refractivity contribution in [3.63, 3.8) is 0 Å². The lowest BCUT2D eigenvalue weighted by atomic mass is 10.0. The molecule has 4 heteroatoms. The molecule has 150 valence electrons. The number of likely N-dealkylation sites (N-methyl/N-ethyl adjacent to an activating group) is 1. The largest absolute Gasteiger partial charge is 0.378 e. The third-order valence-electron chi connectivity index (χ3n) is 5.23. The molecule has 1 saturated heterocycles. The van der Waals surface area contributed by atoms with Gasteiger partial charge in [-0.15, -0.1) is 11.3 Å². The number of aliphatic hydroxyl groups is 1. The molecular weight excluding hydrogens is 364 g/mol. The van der Waals surface area contributed by atoms with Crippen LogP contribution in [0.3, 0.4) is 0 Å². The lowest BCUT2D eigenvalue weighted by Crippen LogP contribution is -2.46. The van der Waals surface area contributed by atoms with Crippen LogP contribution in [0, 0.1) is 11.8 Å². The van der Waals surface area contributed by atoms with E-state index >= 15 is 0 Å². The Balaban J connectivity index is 1.50. The van der Waals surface area contributed by atoms with Crippen LogP contribution in [0.2, 0.25) is 0 Å². The predicted octanol–water partition coefficient (Wildman–Crippen LogP) is 4.01. The summed E-state index contributed by atoms with van der Waals surface area (Å²) >= 11 is 1.74. The molecule has 1 aromatic carbocycles. The van der Waals surface area contributed by atoms with E-state index in [-0.39, 0.29) is 0 Å². The van der Waals surface area contributed by atoms with Crippen LogP contribution in [0.4, 0.5) is 0 Å². The summed E-state index contributed by atoms with van der Waals surface area (Å²) in [5.41, 5.74) is 0.481. The summed E-state index contributed by atoms with van der Waals surface area (Å²) in [6.07, 6.45) is 3.66. The number of thiophene rings is 1. The molecule has 0 aliphatic carbocycles. The van der Waals surface area contributed by atoms with Gasteiger partial charge in [0.15, 0.2) is 0 Å².